The van der Waals surface area contributed by atoms with Crippen LogP contribution in [-0.4, -0.2) is 45.6 Å². The van der Waals surface area contributed by atoms with E-state index < -0.39 is 0 Å². The number of fused-ring (bicyclic) bond motifs is 2. The number of aryl methyl sites for hydroxylation is 2. The monoisotopic (exact) mass is 512 g/mol. The van der Waals surface area contributed by atoms with Crippen LogP contribution in [0.25, 0.3) is 0 Å². The number of aromatic nitrogens is 2. The van der Waals surface area contributed by atoms with Crippen molar-refractivity contribution in [3.63, 3.8) is 0 Å². The van der Waals surface area contributed by atoms with E-state index in [1.54, 1.807) is 0 Å². The van der Waals surface area contributed by atoms with Crippen molar-refractivity contribution in [1.82, 2.24) is 19.5 Å². The Balaban J connectivity index is 1.16. The lowest BCUT2D eigenvalue weighted by molar-refractivity contribution is -0.124. The maximum Gasteiger partial charge on any atom is 0.230 e. The Morgan fingerprint density at radius 1 is 1.11 bits per heavy atom. The van der Waals surface area contributed by atoms with E-state index in [-0.39, 0.29) is 17.7 Å². The van der Waals surface area contributed by atoms with Gasteiger partial charge in [-0.25, -0.2) is 4.42 Å². The zero-order chi connectivity index (χ0) is 25.2. The zero-order valence-corrected chi connectivity index (χ0v) is 22.1. The Morgan fingerprint density at radius 3 is 2.61 bits per heavy atom. The van der Waals surface area contributed by atoms with Crippen molar-refractivity contribution in [2.24, 2.45) is 24.8 Å². The highest BCUT2D eigenvalue weighted by molar-refractivity contribution is 6.13. The average Bonchev–Trinajstić information content (AvgIpc) is 3.12. The molecule has 2 N–H and O–H groups in total. The van der Waals surface area contributed by atoms with Gasteiger partial charge in [-0.05, 0) is 86.8 Å². The van der Waals surface area contributed by atoms with Gasteiger partial charge in [0.05, 0.1) is 24.1 Å². The smallest absolute Gasteiger partial charge is 0.230 e. The summed E-state index contributed by atoms with van der Waals surface area (Å²) in [4.78, 5) is 28.2. The lowest BCUT2D eigenvalue weighted by atomic mass is 9.81. The number of nitrogens with one attached hydrogen (secondary N) is 2. The first-order chi connectivity index (χ1) is 17.4. The molecule has 0 unspecified atom stereocenters. The minimum absolute atomic E-state index is 0.00469. The van der Waals surface area contributed by atoms with Crippen LogP contribution in [0.2, 0.25) is 0 Å². The predicted octanol–water partition coefficient (Wildman–Crippen LogP) is 4.50. The number of benzene rings is 1. The summed E-state index contributed by atoms with van der Waals surface area (Å²) in [7, 11) is 1.92. The van der Waals surface area contributed by atoms with Gasteiger partial charge in [0.1, 0.15) is 5.82 Å². The molecule has 1 saturated heterocycles. The molecule has 0 spiro atoms. The number of anilines is 3. The molecule has 0 atom stereocenters. The molecule has 1 aromatic carbocycles. The molecule has 2 fully saturated rings. The second-order valence-electron chi connectivity index (χ2n) is 10.8. The number of hydrogen-bond donors (Lipinski definition) is 2. The summed E-state index contributed by atoms with van der Waals surface area (Å²) in [5.74, 6) is 2.15. The van der Waals surface area contributed by atoms with Crippen LogP contribution in [-0.2, 0) is 23.2 Å². The Bertz CT molecular complexity index is 1100. The van der Waals surface area contributed by atoms with Crippen LogP contribution in [0.1, 0.15) is 56.1 Å². The molecule has 1 aliphatic carbocycles. The fourth-order valence-electron chi connectivity index (χ4n) is 5.86. The fraction of sp³-hybridized carbons (Fsp3) is 0.593. The van der Waals surface area contributed by atoms with E-state index in [9.17, 15) is 9.59 Å². The summed E-state index contributed by atoms with van der Waals surface area (Å²) in [6.07, 6.45) is 8.06. The van der Waals surface area contributed by atoms with Crippen LogP contribution in [0.15, 0.2) is 24.4 Å². The fourth-order valence-corrected chi connectivity index (χ4v) is 6.05. The SMILES string of the molecule is Cc1ccc2c(c1)Nc1c(cnn1C)CN2C(=O)C1CCC(CNC(=O)CC2CCN(Cl)CC2)CC1. The highest BCUT2D eigenvalue weighted by Crippen LogP contribution is 2.39. The topological polar surface area (TPSA) is 82.5 Å². The lowest BCUT2D eigenvalue weighted by Crippen LogP contribution is -2.39. The summed E-state index contributed by atoms with van der Waals surface area (Å²) in [6, 6.07) is 6.21. The second kappa shape index (κ2) is 10.8. The quantitative estimate of drug-likeness (QED) is 0.576. The molecule has 36 heavy (non-hydrogen) atoms. The van der Waals surface area contributed by atoms with Gasteiger partial charge in [0.25, 0.3) is 0 Å². The molecule has 2 aromatic rings. The Hall–Kier alpha value is -2.58. The molecular weight excluding hydrogens is 476 g/mol. The number of hydrogen-bond acceptors (Lipinski definition) is 5. The van der Waals surface area contributed by atoms with Crippen molar-refractivity contribution >= 4 is 40.8 Å². The molecule has 0 bridgehead atoms. The minimum atomic E-state index is 0.00469. The van der Waals surface area contributed by atoms with Gasteiger partial charge < -0.3 is 15.5 Å². The first kappa shape index (κ1) is 25.1. The Kier molecular flexibility index (Phi) is 7.53. The van der Waals surface area contributed by atoms with Crippen molar-refractivity contribution in [3.8, 4) is 0 Å². The standard InChI is InChI=1S/C27H37ClN6O2/c1-18-3-8-24-23(13-18)31-26-22(16-30-32(26)2)17-34(24)27(36)21-6-4-20(5-7-21)15-29-25(35)14-19-9-11-33(28)12-10-19/h3,8,13,16,19-21,31H,4-7,9-12,14-15,17H2,1-2H3,(H,29,35). The number of rotatable bonds is 5. The molecule has 2 aliphatic heterocycles. The first-order valence-corrected chi connectivity index (χ1v) is 13.6. The number of nitrogens with zero attached hydrogens (tertiary/aromatic N) is 4. The van der Waals surface area contributed by atoms with Crippen molar-refractivity contribution in [3.05, 3.63) is 35.5 Å². The average molecular weight is 513 g/mol. The van der Waals surface area contributed by atoms with Crippen LogP contribution in [0.5, 0.6) is 0 Å². The largest absolute Gasteiger partial charge is 0.356 e. The van der Waals surface area contributed by atoms with Crippen LogP contribution >= 0.6 is 11.8 Å². The van der Waals surface area contributed by atoms with Crippen LogP contribution in [0, 0.1) is 24.7 Å². The predicted molar refractivity (Wildman–Crippen MR) is 142 cm³/mol. The second-order valence-corrected chi connectivity index (χ2v) is 11.3. The molecule has 1 saturated carbocycles. The van der Waals surface area contributed by atoms with Gasteiger partial charge in [-0.2, -0.15) is 5.10 Å². The van der Waals surface area contributed by atoms with E-state index in [2.05, 4.69) is 34.8 Å². The van der Waals surface area contributed by atoms with Crippen LogP contribution in [0.4, 0.5) is 17.2 Å². The van der Waals surface area contributed by atoms with E-state index in [4.69, 9.17) is 11.8 Å². The van der Waals surface area contributed by atoms with Crippen LogP contribution < -0.4 is 15.5 Å². The Morgan fingerprint density at radius 2 is 1.86 bits per heavy atom. The van der Waals surface area contributed by atoms with Gasteiger partial charge in [0.2, 0.25) is 11.8 Å². The third-order valence-electron chi connectivity index (χ3n) is 8.12. The van der Waals surface area contributed by atoms with E-state index in [0.717, 1.165) is 79.9 Å². The molecule has 2 amide bonds. The Labute approximate surface area is 218 Å². The van der Waals surface area contributed by atoms with Gasteiger partial charge in [-0.3, -0.25) is 14.3 Å². The van der Waals surface area contributed by atoms with Crippen molar-refractivity contribution in [1.29, 1.82) is 0 Å². The van der Waals surface area contributed by atoms with E-state index in [0.29, 0.717) is 31.3 Å². The maximum atomic E-state index is 13.8. The maximum absolute atomic E-state index is 13.8. The lowest BCUT2D eigenvalue weighted by Gasteiger charge is -2.32. The molecular formula is C27H37ClN6O2. The van der Waals surface area contributed by atoms with Crippen molar-refractivity contribution in [2.45, 2.75) is 58.4 Å². The molecule has 1 aromatic heterocycles. The summed E-state index contributed by atoms with van der Waals surface area (Å²) in [5, 5.41) is 11.1. The molecule has 8 nitrogen and oxygen atoms in total. The highest BCUT2D eigenvalue weighted by atomic mass is 35.5. The van der Waals surface area contributed by atoms with Gasteiger partial charge in [0, 0.05) is 44.6 Å². The summed E-state index contributed by atoms with van der Waals surface area (Å²) in [5.41, 5.74) is 4.04. The van der Waals surface area contributed by atoms with E-state index >= 15 is 0 Å². The highest BCUT2D eigenvalue weighted by Gasteiger charge is 2.33. The van der Waals surface area contributed by atoms with Crippen molar-refractivity contribution < 1.29 is 9.59 Å². The third kappa shape index (κ3) is 5.54. The molecule has 5 rings (SSSR count). The van der Waals surface area contributed by atoms with Gasteiger partial charge >= 0.3 is 0 Å². The molecule has 9 heteroatoms. The summed E-state index contributed by atoms with van der Waals surface area (Å²) < 4.78 is 3.64. The van der Waals surface area contributed by atoms with Crippen LogP contribution in [0.3, 0.4) is 0 Å². The molecule has 3 aliphatic rings. The van der Waals surface area contributed by atoms with Gasteiger partial charge in [0.15, 0.2) is 0 Å². The first-order valence-electron chi connectivity index (χ1n) is 13.2. The number of piperidine rings is 1. The van der Waals surface area contributed by atoms with Crippen molar-refractivity contribution in [2.75, 3.05) is 29.9 Å². The third-order valence-corrected chi connectivity index (χ3v) is 8.46. The minimum Gasteiger partial charge on any atom is -0.356 e. The normalized spacial score (nSPS) is 22.8. The number of halogens is 1. The summed E-state index contributed by atoms with van der Waals surface area (Å²) in [6.45, 7) is 5.01. The van der Waals surface area contributed by atoms with E-state index in [1.165, 1.54) is 0 Å². The number of carbonyl (C=O) groups excluding carboxylic acids is 2. The molecule has 3 heterocycles. The number of amides is 2. The molecule has 0 radical (unpaired) electrons. The summed E-state index contributed by atoms with van der Waals surface area (Å²) >= 11 is 6.03. The van der Waals surface area contributed by atoms with Gasteiger partial charge in [-0.15, -0.1) is 0 Å². The van der Waals surface area contributed by atoms with Gasteiger partial charge in [-0.1, -0.05) is 6.07 Å². The number of carbonyl (C=O) groups is 2. The molecule has 194 valence electrons. The van der Waals surface area contributed by atoms with E-state index in [1.807, 2.05) is 33.3 Å². The zero-order valence-electron chi connectivity index (χ0n) is 21.3.